The molecule has 1 aliphatic rings. The van der Waals surface area contributed by atoms with E-state index in [2.05, 4.69) is 29.0 Å². The molecule has 0 spiro atoms. The Bertz CT molecular complexity index is 856. The molecule has 6 heteroatoms. The molecule has 1 aliphatic heterocycles. The van der Waals surface area contributed by atoms with Gasteiger partial charge in [0.2, 0.25) is 10.0 Å². The van der Waals surface area contributed by atoms with Crippen molar-refractivity contribution in [3.8, 4) is 0 Å². The second-order valence-electron chi connectivity index (χ2n) is 7.01. The average Bonchev–Trinajstić information content (AvgIpc) is 2.69. The normalized spacial score (nSPS) is 15.5. The Balaban J connectivity index is 1.54. The molecule has 144 valence electrons. The first-order valence-corrected chi connectivity index (χ1v) is 11.1. The molecule has 2 aromatic carbocycles. The zero-order valence-electron chi connectivity index (χ0n) is 15.6. The van der Waals surface area contributed by atoms with Gasteiger partial charge < -0.3 is 4.90 Å². The van der Waals surface area contributed by atoms with Crippen LogP contribution in [0, 0.1) is 5.92 Å². The van der Waals surface area contributed by atoms with Crippen molar-refractivity contribution in [3.63, 3.8) is 0 Å². The van der Waals surface area contributed by atoms with Crippen molar-refractivity contribution in [2.75, 3.05) is 23.6 Å². The van der Waals surface area contributed by atoms with Gasteiger partial charge in [-0.05, 0) is 61.9 Å². The SMILES string of the molecule is CCS(=O)(=O)Nc1ccc(C(=O)N2CCC(Cc3ccccc3)CC2)cc1. The van der Waals surface area contributed by atoms with Crippen molar-refractivity contribution in [2.45, 2.75) is 26.2 Å². The van der Waals surface area contributed by atoms with Crippen LogP contribution in [0.25, 0.3) is 0 Å². The van der Waals surface area contributed by atoms with Gasteiger partial charge in [0.1, 0.15) is 0 Å². The van der Waals surface area contributed by atoms with Crippen LogP contribution < -0.4 is 4.72 Å². The Morgan fingerprint density at radius 3 is 2.26 bits per heavy atom. The highest BCUT2D eigenvalue weighted by atomic mass is 32.2. The Morgan fingerprint density at radius 1 is 1.04 bits per heavy atom. The molecule has 2 aromatic rings. The predicted octanol–water partition coefficient (Wildman–Crippen LogP) is 3.54. The molecule has 0 aliphatic carbocycles. The van der Waals surface area contributed by atoms with Gasteiger partial charge in [0.05, 0.1) is 5.75 Å². The molecule has 1 heterocycles. The van der Waals surface area contributed by atoms with E-state index in [4.69, 9.17) is 0 Å². The van der Waals surface area contributed by atoms with E-state index in [1.54, 1.807) is 31.2 Å². The summed E-state index contributed by atoms with van der Waals surface area (Å²) < 4.78 is 25.7. The van der Waals surface area contributed by atoms with Crippen molar-refractivity contribution >= 4 is 21.6 Å². The zero-order chi connectivity index (χ0) is 19.3. The number of benzene rings is 2. The highest BCUT2D eigenvalue weighted by Gasteiger charge is 2.23. The van der Waals surface area contributed by atoms with Gasteiger partial charge in [-0.1, -0.05) is 30.3 Å². The molecule has 1 amide bonds. The number of nitrogens with zero attached hydrogens (tertiary/aromatic N) is 1. The number of rotatable bonds is 6. The Labute approximate surface area is 161 Å². The number of piperidine rings is 1. The fraction of sp³-hybridized carbons (Fsp3) is 0.381. The average molecular weight is 387 g/mol. The summed E-state index contributed by atoms with van der Waals surface area (Å²) in [5.41, 5.74) is 2.43. The highest BCUT2D eigenvalue weighted by molar-refractivity contribution is 7.92. The van der Waals surface area contributed by atoms with Crippen LogP contribution in [0.2, 0.25) is 0 Å². The number of hydrogen-bond acceptors (Lipinski definition) is 3. The zero-order valence-corrected chi connectivity index (χ0v) is 16.4. The smallest absolute Gasteiger partial charge is 0.253 e. The van der Waals surface area contributed by atoms with Crippen LogP contribution in [0.5, 0.6) is 0 Å². The minimum atomic E-state index is -3.30. The number of likely N-dealkylation sites (tertiary alicyclic amines) is 1. The molecule has 0 aromatic heterocycles. The number of anilines is 1. The van der Waals surface area contributed by atoms with Gasteiger partial charge in [-0.15, -0.1) is 0 Å². The first-order chi connectivity index (χ1) is 13.0. The molecule has 1 fully saturated rings. The van der Waals surface area contributed by atoms with Crippen LogP contribution in [0.1, 0.15) is 35.7 Å². The van der Waals surface area contributed by atoms with Crippen LogP contribution in [-0.2, 0) is 16.4 Å². The number of nitrogens with one attached hydrogen (secondary N) is 1. The summed E-state index contributed by atoms with van der Waals surface area (Å²) >= 11 is 0. The van der Waals surface area contributed by atoms with Crippen molar-refractivity contribution in [3.05, 3.63) is 65.7 Å². The van der Waals surface area contributed by atoms with Crippen LogP contribution >= 0.6 is 0 Å². The lowest BCUT2D eigenvalue weighted by atomic mass is 9.90. The largest absolute Gasteiger partial charge is 0.339 e. The molecule has 5 nitrogen and oxygen atoms in total. The summed E-state index contributed by atoms with van der Waals surface area (Å²) in [4.78, 5) is 14.6. The number of sulfonamides is 1. The third-order valence-corrected chi connectivity index (χ3v) is 6.36. The van der Waals surface area contributed by atoms with Gasteiger partial charge in [0, 0.05) is 24.3 Å². The van der Waals surface area contributed by atoms with E-state index in [0.717, 1.165) is 32.4 Å². The Morgan fingerprint density at radius 2 is 1.67 bits per heavy atom. The van der Waals surface area contributed by atoms with Crippen molar-refractivity contribution in [1.82, 2.24) is 4.90 Å². The lowest BCUT2D eigenvalue weighted by Crippen LogP contribution is -2.38. The maximum atomic E-state index is 12.7. The van der Waals surface area contributed by atoms with Gasteiger partial charge in [-0.3, -0.25) is 9.52 Å². The van der Waals surface area contributed by atoms with Gasteiger partial charge in [0.15, 0.2) is 0 Å². The molecular formula is C21H26N2O3S. The van der Waals surface area contributed by atoms with Gasteiger partial charge in [0.25, 0.3) is 5.91 Å². The molecule has 1 N–H and O–H groups in total. The lowest BCUT2D eigenvalue weighted by molar-refractivity contribution is 0.0690. The highest BCUT2D eigenvalue weighted by Crippen LogP contribution is 2.23. The van der Waals surface area contributed by atoms with E-state index in [1.807, 2.05) is 11.0 Å². The van der Waals surface area contributed by atoms with E-state index < -0.39 is 10.0 Å². The van der Waals surface area contributed by atoms with Crippen LogP contribution in [0.4, 0.5) is 5.69 Å². The maximum absolute atomic E-state index is 12.7. The fourth-order valence-corrected chi connectivity index (χ4v) is 4.04. The van der Waals surface area contributed by atoms with Crippen molar-refractivity contribution in [1.29, 1.82) is 0 Å². The maximum Gasteiger partial charge on any atom is 0.253 e. The van der Waals surface area contributed by atoms with Gasteiger partial charge in [-0.25, -0.2) is 8.42 Å². The quantitative estimate of drug-likeness (QED) is 0.826. The minimum absolute atomic E-state index is 0.0121. The van der Waals surface area contributed by atoms with Crippen LogP contribution in [0.15, 0.2) is 54.6 Å². The standard InChI is InChI=1S/C21H26N2O3S/c1-2-27(25,26)22-20-10-8-19(9-11-20)21(24)23-14-12-18(13-15-23)16-17-6-4-3-5-7-17/h3-11,18,22H,2,12-16H2,1H3. The van der Waals surface area contributed by atoms with E-state index in [9.17, 15) is 13.2 Å². The first kappa shape index (κ1) is 19.4. The summed E-state index contributed by atoms with van der Waals surface area (Å²) in [7, 11) is -3.30. The molecular weight excluding hydrogens is 360 g/mol. The predicted molar refractivity (Wildman–Crippen MR) is 108 cm³/mol. The van der Waals surface area contributed by atoms with E-state index >= 15 is 0 Å². The third kappa shape index (κ3) is 5.32. The summed E-state index contributed by atoms with van der Waals surface area (Å²) in [6.07, 6.45) is 3.08. The molecule has 1 saturated heterocycles. The molecule has 27 heavy (non-hydrogen) atoms. The second kappa shape index (κ2) is 8.57. The number of hydrogen-bond donors (Lipinski definition) is 1. The third-order valence-electron chi connectivity index (χ3n) is 5.05. The summed E-state index contributed by atoms with van der Waals surface area (Å²) in [6.45, 7) is 3.11. The summed E-state index contributed by atoms with van der Waals surface area (Å²) in [5, 5.41) is 0. The second-order valence-corrected chi connectivity index (χ2v) is 9.02. The van der Waals surface area contributed by atoms with Crippen molar-refractivity contribution in [2.24, 2.45) is 5.92 Å². The number of carbonyl (C=O) groups is 1. The first-order valence-electron chi connectivity index (χ1n) is 9.40. The summed E-state index contributed by atoms with van der Waals surface area (Å²) in [6, 6.07) is 17.1. The van der Waals surface area contributed by atoms with Gasteiger partial charge >= 0.3 is 0 Å². The monoisotopic (exact) mass is 386 g/mol. The topological polar surface area (TPSA) is 66.5 Å². The molecule has 3 rings (SSSR count). The van der Waals surface area contributed by atoms with Crippen LogP contribution in [-0.4, -0.2) is 38.1 Å². The Kier molecular flexibility index (Phi) is 6.16. The van der Waals surface area contributed by atoms with Crippen molar-refractivity contribution < 1.29 is 13.2 Å². The van der Waals surface area contributed by atoms with Gasteiger partial charge in [-0.2, -0.15) is 0 Å². The molecule has 0 unspecified atom stereocenters. The Hall–Kier alpha value is -2.34. The fourth-order valence-electron chi connectivity index (χ4n) is 3.40. The van der Waals surface area contributed by atoms with E-state index in [1.165, 1.54) is 5.56 Å². The molecule has 0 atom stereocenters. The molecule has 0 radical (unpaired) electrons. The molecule has 0 bridgehead atoms. The number of carbonyl (C=O) groups excluding carboxylic acids is 1. The number of amides is 1. The van der Waals surface area contributed by atoms with E-state index in [-0.39, 0.29) is 11.7 Å². The minimum Gasteiger partial charge on any atom is -0.339 e. The summed E-state index contributed by atoms with van der Waals surface area (Å²) in [5.74, 6) is 0.645. The van der Waals surface area contributed by atoms with E-state index in [0.29, 0.717) is 17.2 Å². The molecule has 0 saturated carbocycles. The van der Waals surface area contributed by atoms with Crippen LogP contribution in [0.3, 0.4) is 0 Å². The lowest BCUT2D eigenvalue weighted by Gasteiger charge is -2.32.